The van der Waals surface area contributed by atoms with Gasteiger partial charge in [-0.05, 0) is 68.4 Å². The van der Waals surface area contributed by atoms with E-state index in [1.54, 1.807) is 9.80 Å². The first kappa shape index (κ1) is 34.0. The highest BCUT2D eigenvalue weighted by Gasteiger charge is 2.66. The lowest BCUT2D eigenvalue weighted by Gasteiger charge is -2.32. The summed E-state index contributed by atoms with van der Waals surface area (Å²) in [5.41, 5.74) is 1.46. The number of amides is 3. The van der Waals surface area contributed by atoms with Crippen LogP contribution in [0.25, 0.3) is 0 Å². The van der Waals surface area contributed by atoms with Crippen LogP contribution >= 0.6 is 0 Å². The Morgan fingerprint density at radius 1 is 1.08 bits per heavy atom. The Labute approximate surface area is 283 Å². The lowest BCUT2D eigenvalue weighted by Crippen LogP contribution is -2.45. The van der Waals surface area contributed by atoms with E-state index in [-0.39, 0.29) is 43.2 Å². The van der Waals surface area contributed by atoms with E-state index in [0.717, 1.165) is 24.9 Å². The second kappa shape index (κ2) is 13.9. The topological polar surface area (TPSA) is 131 Å². The number of benzene rings is 3. The molecule has 3 heterocycles. The van der Waals surface area contributed by atoms with Crippen molar-refractivity contribution in [1.29, 1.82) is 0 Å². The molecule has 48 heavy (non-hydrogen) atoms. The Balaban J connectivity index is 1.38. The second-order valence-electron chi connectivity index (χ2n) is 13.8. The van der Waals surface area contributed by atoms with E-state index in [1.807, 2.05) is 98.9 Å². The van der Waals surface area contributed by atoms with E-state index in [2.05, 4.69) is 10.6 Å². The molecule has 1 spiro atoms. The zero-order chi connectivity index (χ0) is 34.1. The van der Waals surface area contributed by atoms with Crippen molar-refractivity contribution in [1.82, 2.24) is 10.2 Å². The fraction of sp³-hybridized carbons (Fsp3) is 0.432. The average Bonchev–Trinajstić information content (AvgIpc) is 3.51. The fourth-order valence-corrected chi connectivity index (χ4v) is 10.5. The number of anilines is 3. The molecule has 3 aliphatic rings. The number of carbonyl (C=O) groups is 3. The van der Waals surface area contributed by atoms with Crippen LogP contribution in [0.5, 0.6) is 0 Å². The van der Waals surface area contributed by atoms with Gasteiger partial charge in [-0.25, -0.2) is 0 Å². The summed E-state index contributed by atoms with van der Waals surface area (Å²) in [7, 11) is -3.05. The van der Waals surface area contributed by atoms with E-state index < -0.39 is 31.5 Å². The first-order chi connectivity index (χ1) is 23.0. The van der Waals surface area contributed by atoms with Crippen LogP contribution in [0.2, 0.25) is 18.6 Å². The maximum Gasteiger partial charge on any atom is 0.268 e. The number of ether oxygens (including phenoxy) is 1. The number of fused-ring (bicyclic) bond motifs is 2. The van der Waals surface area contributed by atoms with Gasteiger partial charge in [0, 0.05) is 48.0 Å². The molecule has 0 radical (unpaired) electrons. The second-order valence-corrected chi connectivity index (χ2v) is 17.8. The molecule has 11 heteroatoms. The quantitative estimate of drug-likeness (QED) is 0.234. The van der Waals surface area contributed by atoms with Crippen LogP contribution in [0.1, 0.15) is 37.3 Å². The maximum absolute atomic E-state index is 14.9. The highest BCUT2D eigenvalue weighted by molar-refractivity contribution is 6.71. The number of rotatable bonds is 10. The van der Waals surface area contributed by atoms with Gasteiger partial charge in [0.1, 0.15) is 0 Å². The summed E-state index contributed by atoms with van der Waals surface area (Å²) < 4.78 is 6.93. The van der Waals surface area contributed by atoms with E-state index in [1.165, 1.54) is 0 Å². The van der Waals surface area contributed by atoms with Gasteiger partial charge in [-0.3, -0.25) is 19.3 Å². The third-order valence-corrected chi connectivity index (χ3v) is 12.7. The van der Waals surface area contributed by atoms with Gasteiger partial charge in [-0.2, -0.15) is 0 Å². The Bertz CT molecular complexity index is 1630. The van der Waals surface area contributed by atoms with Gasteiger partial charge in [0.15, 0.2) is 13.9 Å². The first-order valence-corrected chi connectivity index (χ1v) is 20.0. The molecule has 2 fully saturated rings. The van der Waals surface area contributed by atoms with Crippen molar-refractivity contribution in [3.8, 4) is 0 Å². The Kier molecular flexibility index (Phi) is 9.87. The summed E-state index contributed by atoms with van der Waals surface area (Å²) in [6, 6.07) is 24.4. The van der Waals surface area contributed by atoms with Crippen LogP contribution < -0.4 is 15.5 Å². The van der Waals surface area contributed by atoms with Crippen LogP contribution in [0.4, 0.5) is 17.1 Å². The molecule has 3 aromatic rings. The standard InChI is InChI=1S/C37H46N4O6Si/c1-25-34(48(2,3)46)32(22-33(43)40(19-20-42)24-26-11-6-4-7-12-26)47-37(25)30-21-28(39-35(44)27-13-10-18-38-23-27)16-17-31(30)41(36(37)45)29-14-8-5-9-15-29/h4-9,11-12,14-17,21,25,27,32,34,38,42,46H,10,13,18-20,22-24H2,1-3H3,(H,39,44)/t25-,27?,32+,34-,37+/m0/s1. The number of piperidine rings is 1. The van der Waals surface area contributed by atoms with Gasteiger partial charge in [0.05, 0.1) is 30.7 Å². The van der Waals surface area contributed by atoms with Crippen molar-refractivity contribution in [2.45, 2.75) is 63.1 Å². The Morgan fingerprint density at radius 2 is 1.79 bits per heavy atom. The maximum atomic E-state index is 14.9. The minimum Gasteiger partial charge on any atom is -0.432 e. The largest absolute Gasteiger partial charge is 0.432 e. The third-order valence-electron chi connectivity index (χ3n) is 10.2. The smallest absolute Gasteiger partial charge is 0.268 e. The normalized spacial score (nSPS) is 25.3. The monoisotopic (exact) mass is 670 g/mol. The first-order valence-electron chi connectivity index (χ1n) is 16.9. The third kappa shape index (κ3) is 6.45. The lowest BCUT2D eigenvalue weighted by molar-refractivity contribution is -0.149. The summed E-state index contributed by atoms with van der Waals surface area (Å²) in [5, 5.41) is 16.2. The van der Waals surface area contributed by atoms with Crippen molar-refractivity contribution < 1.29 is 29.0 Å². The Hall–Kier alpha value is -3.87. The molecule has 1 unspecified atom stereocenters. The predicted octanol–water partition coefficient (Wildman–Crippen LogP) is 4.51. The van der Waals surface area contributed by atoms with Crippen LogP contribution in [-0.4, -0.2) is 73.2 Å². The number of nitrogens with zero attached hydrogens (tertiary/aromatic N) is 2. The Morgan fingerprint density at radius 3 is 2.44 bits per heavy atom. The number of aliphatic hydroxyl groups is 1. The highest BCUT2D eigenvalue weighted by atomic mass is 28.4. The van der Waals surface area contributed by atoms with Crippen molar-refractivity contribution in [2.75, 3.05) is 36.5 Å². The molecule has 0 aromatic heterocycles. The molecule has 3 aromatic carbocycles. The van der Waals surface area contributed by atoms with E-state index >= 15 is 0 Å². The summed E-state index contributed by atoms with van der Waals surface area (Å²) in [6.07, 6.45) is 0.926. The molecular weight excluding hydrogens is 625 g/mol. The molecule has 254 valence electrons. The molecule has 4 N–H and O–H groups in total. The molecule has 6 rings (SSSR count). The highest BCUT2D eigenvalue weighted by Crippen LogP contribution is 2.61. The molecule has 0 bridgehead atoms. The number of aliphatic hydroxyl groups excluding tert-OH is 1. The van der Waals surface area contributed by atoms with E-state index in [9.17, 15) is 24.3 Å². The summed E-state index contributed by atoms with van der Waals surface area (Å²) >= 11 is 0. The lowest BCUT2D eigenvalue weighted by atomic mass is 9.82. The molecule has 0 saturated carbocycles. The zero-order valence-corrected chi connectivity index (χ0v) is 28.9. The van der Waals surface area contributed by atoms with Gasteiger partial charge in [0.2, 0.25) is 11.8 Å². The number of nitrogens with one attached hydrogen (secondary N) is 2. The van der Waals surface area contributed by atoms with Crippen molar-refractivity contribution >= 4 is 43.1 Å². The van der Waals surface area contributed by atoms with Crippen molar-refractivity contribution in [3.05, 3.63) is 90.0 Å². The number of hydrogen-bond acceptors (Lipinski definition) is 7. The van der Waals surface area contributed by atoms with Gasteiger partial charge in [0.25, 0.3) is 5.91 Å². The SMILES string of the molecule is C[C@H]1[C@H]([Si](C)(C)O)[C@@H](CC(=O)N(CCO)Cc2ccccc2)O[C@]12C(=O)N(c1ccccc1)c1ccc(NC(=O)C3CCCNC3)cc12. The van der Waals surface area contributed by atoms with Crippen LogP contribution in [0.15, 0.2) is 78.9 Å². The van der Waals surface area contributed by atoms with Gasteiger partial charge in [-0.15, -0.1) is 0 Å². The van der Waals surface area contributed by atoms with Crippen molar-refractivity contribution in [3.63, 3.8) is 0 Å². The molecule has 5 atom stereocenters. The van der Waals surface area contributed by atoms with Crippen LogP contribution in [0, 0.1) is 11.8 Å². The van der Waals surface area contributed by atoms with Gasteiger partial charge >= 0.3 is 0 Å². The summed E-state index contributed by atoms with van der Waals surface area (Å²) in [6.45, 7) is 7.38. The minimum absolute atomic E-state index is 0.0559. The number of carbonyl (C=O) groups excluding carboxylic acids is 3. The summed E-state index contributed by atoms with van der Waals surface area (Å²) in [5.74, 6) is -1.22. The van der Waals surface area contributed by atoms with Gasteiger partial charge < -0.3 is 30.2 Å². The van der Waals surface area contributed by atoms with Crippen LogP contribution in [-0.2, 0) is 31.3 Å². The van der Waals surface area contributed by atoms with Crippen LogP contribution in [0.3, 0.4) is 0 Å². The molecule has 0 aliphatic carbocycles. The number of hydrogen-bond donors (Lipinski definition) is 4. The molecule has 3 aliphatic heterocycles. The van der Waals surface area contributed by atoms with Gasteiger partial charge in [-0.1, -0.05) is 55.5 Å². The zero-order valence-electron chi connectivity index (χ0n) is 27.9. The predicted molar refractivity (Wildman–Crippen MR) is 187 cm³/mol. The molecule has 3 amide bonds. The number of para-hydroxylation sites is 1. The molecule has 2 saturated heterocycles. The minimum atomic E-state index is -3.05. The fourth-order valence-electron chi connectivity index (χ4n) is 7.95. The molecule has 10 nitrogen and oxygen atoms in total. The average molecular weight is 671 g/mol. The van der Waals surface area contributed by atoms with Crippen molar-refractivity contribution in [2.24, 2.45) is 11.8 Å². The molecular formula is C37H46N4O6Si. The van der Waals surface area contributed by atoms with E-state index in [4.69, 9.17) is 4.74 Å². The summed E-state index contributed by atoms with van der Waals surface area (Å²) in [4.78, 5) is 57.1. The van der Waals surface area contributed by atoms with E-state index in [0.29, 0.717) is 35.7 Å².